The van der Waals surface area contributed by atoms with Gasteiger partial charge in [-0.1, -0.05) is 28.6 Å². The van der Waals surface area contributed by atoms with Crippen LogP contribution in [0.4, 0.5) is 6.01 Å². The first kappa shape index (κ1) is 21.5. The summed E-state index contributed by atoms with van der Waals surface area (Å²) in [6, 6.07) is 11.2. The molecule has 0 bridgehead atoms. The van der Waals surface area contributed by atoms with Gasteiger partial charge in [0.15, 0.2) is 15.7 Å². The van der Waals surface area contributed by atoms with E-state index in [1.807, 2.05) is 12.1 Å². The molecule has 0 unspecified atom stereocenters. The van der Waals surface area contributed by atoms with Crippen molar-refractivity contribution in [1.82, 2.24) is 20.1 Å². The lowest BCUT2D eigenvalue weighted by Gasteiger charge is -2.29. The maximum Gasteiger partial charge on any atom is 0.324 e. The Bertz CT molecular complexity index is 1440. The number of hydrogen-bond donors (Lipinski definition) is 0. The predicted molar refractivity (Wildman–Crippen MR) is 128 cm³/mol. The van der Waals surface area contributed by atoms with E-state index in [1.165, 1.54) is 17.6 Å². The van der Waals surface area contributed by atoms with Gasteiger partial charge < -0.3 is 14.2 Å². The van der Waals surface area contributed by atoms with E-state index in [2.05, 4.69) is 20.0 Å². The molecule has 1 aromatic carbocycles. The quantitative estimate of drug-likeness (QED) is 0.389. The summed E-state index contributed by atoms with van der Waals surface area (Å²) in [5.74, 6) is 1.32. The van der Waals surface area contributed by atoms with E-state index in [1.54, 1.807) is 24.3 Å². The lowest BCUT2D eigenvalue weighted by atomic mass is 10.1. The number of benzene rings is 1. The first-order chi connectivity index (χ1) is 16.4. The zero-order valence-electron chi connectivity index (χ0n) is 18.5. The third-order valence-electron chi connectivity index (χ3n) is 6.17. The molecular weight excluding hydrogens is 474 g/mol. The molecule has 11 heteroatoms. The average molecular weight is 498 g/mol. The van der Waals surface area contributed by atoms with Gasteiger partial charge in [-0.15, -0.1) is 0 Å². The molecule has 34 heavy (non-hydrogen) atoms. The van der Waals surface area contributed by atoms with Crippen molar-refractivity contribution in [2.24, 2.45) is 0 Å². The molecule has 2 fully saturated rings. The molecule has 1 saturated heterocycles. The molecule has 1 saturated carbocycles. The van der Waals surface area contributed by atoms with E-state index in [0.717, 1.165) is 66.2 Å². The Hall–Kier alpha value is -3.05. The molecule has 6 rings (SSSR count). The van der Waals surface area contributed by atoms with E-state index in [-0.39, 0.29) is 6.10 Å². The first-order valence-electron chi connectivity index (χ1n) is 11.3. The zero-order valence-corrected chi connectivity index (χ0v) is 20.2. The molecule has 0 amide bonds. The lowest BCUT2D eigenvalue weighted by Crippen LogP contribution is -2.38. The largest absolute Gasteiger partial charge is 0.467 e. The number of pyridine rings is 1. The highest BCUT2D eigenvalue weighted by Crippen LogP contribution is 2.39. The van der Waals surface area contributed by atoms with Crippen molar-refractivity contribution in [3.8, 4) is 16.5 Å². The van der Waals surface area contributed by atoms with Crippen LogP contribution in [0.1, 0.15) is 37.4 Å². The Morgan fingerprint density at radius 3 is 2.47 bits per heavy atom. The minimum atomic E-state index is -3.23. The van der Waals surface area contributed by atoms with Crippen LogP contribution in [-0.4, -0.2) is 54.0 Å². The van der Waals surface area contributed by atoms with Gasteiger partial charge in [-0.25, -0.2) is 18.4 Å². The van der Waals surface area contributed by atoms with Gasteiger partial charge in [0.05, 0.1) is 10.6 Å². The number of sulfone groups is 1. The van der Waals surface area contributed by atoms with Gasteiger partial charge in [-0.3, -0.25) is 0 Å². The molecule has 4 aromatic rings. The van der Waals surface area contributed by atoms with Crippen LogP contribution in [0.15, 0.2) is 45.8 Å². The van der Waals surface area contributed by atoms with Gasteiger partial charge in [0.25, 0.3) is 5.19 Å². The number of hydrogen-bond acceptors (Lipinski definition) is 10. The number of fused-ring (bicyclic) bond motifs is 1. The molecule has 0 radical (unpaired) electrons. The molecule has 0 spiro atoms. The second kappa shape index (κ2) is 8.31. The molecule has 0 atom stereocenters. The molecular formula is C23H23N5O4S2. The Morgan fingerprint density at radius 2 is 1.76 bits per heavy atom. The summed E-state index contributed by atoms with van der Waals surface area (Å²) in [7, 11) is -3.23. The first-order valence-corrected chi connectivity index (χ1v) is 14.0. The Labute approximate surface area is 200 Å². The van der Waals surface area contributed by atoms with Crippen LogP contribution in [0, 0.1) is 0 Å². The fraction of sp³-hybridized carbons (Fsp3) is 0.391. The third-order valence-corrected chi connectivity index (χ3v) is 8.15. The van der Waals surface area contributed by atoms with Crippen molar-refractivity contribution in [2.45, 2.75) is 42.6 Å². The number of rotatable bonds is 6. The maximum absolute atomic E-state index is 11.7. The highest BCUT2D eigenvalue weighted by atomic mass is 32.2. The van der Waals surface area contributed by atoms with E-state index >= 15 is 0 Å². The fourth-order valence-corrected chi connectivity index (χ4v) is 5.54. The molecule has 9 nitrogen and oxygen atoms in total. The average Bonchev–Trinajstić information content (AvgIpc) is 3.42. The summed E-state index contributed by atoms with van der Waals surface area (Å²) in [6.07, 6.45) is 5.28. The smallest absolute Gasteiger partial charge is 0.324 e. The van der Waals surface area contributed by atoms with Crippen molar-refractivity contribution in [1.29, 1.82) is 0 Å². The second-order valence-electron chi connectivity index (χ2n) is 8.81. The Balaban J connectivity index is 1.11. The van der Waals surface area contributed by atoms with Crippen LogP contribution in [0.5, 0.6) is 5.19 Å². The van der Waals surface area contributed by atoms with Crippen LogP contribution in [0.3, 0.4) is 0 Å². The molecule has 4 heterocycles. The van der Waals surface area contributed by atoms with Crippen molar-refractivity contribution in [3.05, 3.63) is 42.2 Å². The van der Waals surface area contributed by atoms with Crippen molar-refractivity contribution in [2.75, 3.05) is 24.2 Å². The SMILES string of the molecule is CS(=O)(=O)c1ccc(-c2ccc3nc(OC4CCN(c5nc(C6CC6)no5)CC4)sc3n2)cc1. The number of aromatic nitrogens is 4. The third kappa shape index (κ3) is 4.37. The summed E-state index contributed by atoms with van der Waals surface area (Å²) in [4.78, 5) is 17.1. The van der Waals surface area contributed by atoms with Gasteiger partial charge >= 0.3 is 6.01 Å². The summed E-state index contributed by atoms with van der Waals surface area (Å²) in [6.45, 7) is 1.60. The van der Waals surface area contributed by atoms with E-state index in [4.69, 9.17) is 14.2 Å². The van der Waals surface area contributed by atoms with Crippen LogP contribution in [0.25, 0.3) is 21.6 Å². The predicted octanol–water partition coefficient (Wildman–Crippen LogP) is 4.07. The Kier molecular flexibility index (Phi) is 5.25. The van der Waals surface area contributed by atoms with Crippen LogP contribution < -0.4 is 9.64 Å². The van der Waals surface area contributed by atoms with Crippen molar-refractivity contribution in [3.63, 3.8) is 0 Å². The highest BCUT2D eigenvalue weighted by Gasteiger charge is 2.31. The van der Waals surface area contributed by atoms with Gasteiger partial charge in [0.2, 0.25) is 0 Å². The van der Waals surface area contributed by atoms with E-state index in [0.29, 0.717) is 22.0 Å². The minimum Gasteiger partial charge on any atom is -0.467 e. The van der Waals surface area contributed by atoms with Crippen LogP contribution in [-0.2, 0) is 9.84 Å². The minimum absolute atomic E-state index is 0.0747. The number of thiazole rings is 1. The molecule has 176 valence electrons. The number of piperidine rings is 1. The maximum atomic E-state index is 11.7. The summed E-state index contributed by atoms with van der Waals surface area (Å²) >= 11 is 1.42. The molecule has 0 N–H and O–H groups in total. The summed E-state index contributed by atoms with van der Waals surface area (Å²) in [5, 5.41) is 4.72. The van der Waals surface area contributed by atoms with Gasteiger partial charge in [0, 0.05) is 43.7 Å². The highest BCUT2D eigenvalue weighted by molar-refractivity contribution is 7.90. The monoisotopic (exact) mass is 497 g/mol. The number of nitrogens with zero attached hydrogens (tertiary/aromatic N) is 5. The van der Waals surface area contributed by atoms with Gasteiger partial charge in [-0.05, 0) is 37.1 Å². The summed E-state index contributed by atoms with van der Waals surface area (Å²) < 4.78 is 35.0. The second-order valence-corrected chi connectivity index (χ2v) is 11.8. The zero-order chi connectivity index (χ0) is 23.3. The van der Waals surface area contributed by atoms with Gasteiger partial charge in [0.1, 0.15) is 16.5 Å². The van der Waals surface area contributed by atoms with Crippen molar-refractivity contribution >= 4 is 37.5 Å². The topological polar surface area (TPSA) is 111 Å². The molecule has 2 aliphatic rings. The standard InChI is InChI=1S/C23H23N5O4S2/c1-34(29,30)17-6-4-14(5-7-17)18-8-9-19-21(24-18)33-23(25-19)31-16-10-12-28(13-11-16)22-26-20(27-32-22)15-2-3-15/h4-9,15-16H,2-3,10-13H2,1H3. The van der Waals surface area contributed by atoms with Crippen molar-refractivity contribution < 1.29 is 17.7 Å². The molecule has 3 aromatic heterocycles. The van der Waals surface area contributed by atoms with E-state index < -0.39 is 9.84 Å². The summed E-state index contributed by atoms with van der Waals surface area (Å²) in [5.41, 5.74) is 2.40. The number of ether oxygens (including phenoxy) is 1. The van der Waals surface area contributed by atoms with E-state index in [9.17, 15) is 8.42 Å². The fourth-order valence-electron chi connectivity index (χ4n) is 4.05. The number of anilines is 1. The lowest BCUT2D eigenvalue weighted by molar-refractivity contribution is 0.168. The molecule has 1 aliphatic carbocycles. The normalized spacial score (nSPS) is 17.4. The Morgan fingerprint density at radius 1 is 1.00 bits per heavy atom. The van der Waals surface area contributed by atoms with Gasteiger partial charge in [-0.2, -0.15) is 4.98 Å². The van der Waals surface area contributed by atoms with Crippen LogP contribution in [0.2, 0.25) is 0 Å². The van der Waals surface area contributed by atoms with Crippen LogP contribution >= 0.6 is 11.3 Å². The molecule has 1 aliphatic heterocycles.